The maximum absolute atomic E-state index is 12.3. The Morgan fingerprint density at radius 3 is 2.37 bits per heavy atom. The zero-order valence-corrected chi connectivity index (χ0v) is 15.9. The highest BCUT2D eigenvalue weighted by molar-refractivity contribution is 5.97. The molecule has 0 aliphatic carbocycles. The van der Waals surface area contributed by atoms with E-state index in [1.54, 1.807) is 24.3 Å². The van der Waals surface area contributed by atoms with E-state index in [4.69, 9.17) is 4.74 Å². The minimum Gasteiger partial charge on any atom is -0.484 e. The second-order valence-corrected chi connectivity index (χ2v) is 6.34. The second kappa shape index (κ2) is 9.83. The fraction of sp³-hybridized carbons (Fsp3) is 0.0909. The number of hydrogen-bond donors (Lipinski definition) is 2. The fourth-order valence-electron chi connectivity index (χ4n) is 2.63. The highest BCUT2D eigenvalue weighted by Crippen LogP contribution is 2.17. The van der Waals surface area contributed by atoms with Crippen LogP contribution >= 0.6 is 0 Å². The van der Waals surface area contributed by atoms with E-state index in [2.05, 4.69) is 10.6 Å². The predicted molar refractivity (Wildman–Crippen MR) is 111 cm³/mol. The third-order valence-corrected chi connectivity index (χ3v) is 4.12. The number of nitro benzene ring substituents is 1. The molecule has 2 amide bonds. The van der Waals surface area contributed by atoms with Crippen molar-refractivity contribution in [2.24, 2.45) is 0 Å². The van der Waals surface area contributed by atoms with Crippen LogP contribution in [0, 0.1) is 10.1 Å². The molecule has 0 bridgehead atoms. The highest BCUT2D eigenvalue weighted by Gasteiger charge is 2.09. The van der Waals surface area contributed by atoms with Crippen LogP contribution in [0.1, 0.15) is 15.9 Å². The third-order valence-electron chi connectivity index (χ3n) is 4.12. The maximum Gasteiger partial charge on any atom is 0.269 e. The van der Waals surface area contributed by atoms with E-state index < -0.39 is 10.8 Å². The summed E-state index contributed by atoms with van der Waals surface area (Å²) in [7, 11) is 0. The summed E-state index contributed by atoms with van der Waals surface area (Å²) in [6.45, 7) is 0.127. The first-order chi connectivity index (χ1) is 14.5. The summed E-state index contributed by atoms with van der Waals surface area (Å²) in [6.07, 6.45) is 0. The van der Waals surface area contributed by atoms with Crippen molar-refractivity contribution in [2.75, 3.05) is 11.9 Å². The number of nitrogens with one attached hydrogen (secondary N) is 2. The molecule has 0 heterocycles. The average molecular weight is 405 g/mol. The summed E-state index contributed by atoms with van der Waals surface area (Å²) in [5.74, 6) is -0.336. The lowest BCUT2D eigenvalue weighted by molar-refractivity contribution is -0.384. The minimum absolute atomic E-state index is 0.0610. The topological polar surface area (TPSA) is 111 Å². The van der Waals surface area contributed by atoms with E-state index in [0.29, 0.717) is 23.5 Å². The van der Waals surface area contributed by atoms with Gasteiger partial charge in [-0.1, -0.05) is 36.4 Å². The van der Waals surface area contributed by atoms with Crippen LogP contribution in [0.2, 0.25) is 0 Å². The minimum atomic E-state index is -0.514. The molecule has 0 spiro atoms. The van der Waals surface area contributed by atoms with Crippen molar-refractivity contribution in [3.05, 3.63) is 100 Å². The molecule has 0 fully saturated rings. The first-order valence-electron chi connectivity index (χ1n) is 9.10. The molecule has 30 heavy (non-hydrogen) atoms. The summed E-state index contributed by atoms with van der Waals surface area (Å²) in [5, 5.41) is 16.1. The first-order valence-corrected chi connectivity index (χ1v) is 9.10. The van der Waals surface area contributed by atoms with Gasteiger partial charge in [0.05, 0.1) is 4.92 Å². The molecule has 0 aliphatic heterocycles. The summed E-state index contributed by atoms with van der Waals surface area (Å²) in [5.41, 5.74) is 1.80. The van der Waals surface area contributed by atoms with Crippen LogP contribution < -0.4 is 15.4 Å². The Kier molecular flexibility index (Phi) is 6.73. The Bertz CT molecular complexity index is 1040. The van der Waals surface area contributed by atoms with E-state index in [0.717, 1.165) is 5.56 Å². The molecule has 0 aliphatic rings. The number of anilines is 1. The molecule has 8 nitrogen and oxygen atoms in total. The number of hydrogen-bond acceptors (Lipinski definition) is 5. The fourth-order valence-corrected chi connectivity index (χ4v) is 2.63. The Hall–Kier alpha value is -4.20. The predicted octanol–water partition coefficient (Wildman–Crippen LogP) is 3.54. The normalized spacial score (nSPS) is 10.1. The van der Waals surface area contributed by atoms with Crippen LogP contribution in [-0.4, -0.2) is 23.3 Å². The van der Waals surface area contributed by atoms with Gasteiger partial charge in [0.2, 0.25) is 0 Å². The lowest BCUT2D eigenvalue weighted by atomic mass is 10.1. The molecule has 0 atom stereocenters. The summed E-state index contributed by atoms with van der Waals surface area (Å²) < 4.78 is 5.33. The number of nitrogens with zero attached hydrogens (tertiary/aromatic N) is 1. The molecule has 3 aromatic carbocycles. The maximum atomic E-state index is 12.3. The van der Waals surface area contributed by atoms with E-state index in [9.17, 15) is 19.7 Å². The molecular weight excluding hydrogens is 386 g/mol. The molecule has 3 rings (SSSR count). The smallest absolute Gasteiger partial charge is 0.269 e. The summed E-state index contributed by atoms with van der Waals surface area (Å²) in [6, 6.07) is 21.5. The molecular formula is C22H19N3O5. The lowest BCUT2D eigenvalue weighted by Gasteiger charge is -2.09. The zero-order valence-electron chi connectivity index (χ0n) is 15.9. The molecule has 152 valence electrons. The average Bonchev–Trinajstić information content (AvgIpc) is 2.77. The number of amides is 2. The van der Waals surface area contributed by atoms with Crippen LogP contribution in [0.3, 0.4) is 0 Å². The van der Waals surface area contributed by atoms with Gasteiger partial charge in [-0.25, -0.2) is 0 Å². The number of nitro groups is 1. The van der Waals surface area contributed by atoms with Crippen LogP contribution in [-0.2, 0) is 11.3 Å². The van der Waals surface area contributed by atoms with Gasteiger partial charge < -0.3 is 15.4 Å². The summed E-state index contributed by atoms with van der Waals surface area (Å²) >= 11 is 0. The number of benzene rings is 3. The van der Waals surface area contributed by atoms with Gasteiger partial charge in [-0.2, -0.15) is 0 Å². The first kappa shape index (κ1) is 20.5. The molecule has 0 unspecified atom stereocenters. The van der Waals surface area contributed by atoms with E-state index in [-0.39, 0.29) is 18.2 Å². The van der Waals surface area contributed by atoms with Gasteiger partial charge in [-0.3, -0.25) is 19.7 Å². The zero-order chi connectivity index (χ0) is 21.3. The van der Waals surface area contributed by atoms with Gasteiger partial charge >= 0.3 is 0 Å². The van der Waals surface area contributed by atoms with Crippen molar-refractivity contribution >= 4 is 23.2 Å². The SMILES string of the molecule is O=C(COc1ccc([N+](=O)[O-])cc1)Nc1cccc(C(=O)NCc2ccccc2)c1. The van der Waals surface area contributed by atoms with Crippen molar-refractivity contribution in [2.45, 2.75) is 6.54 Å². The molecule has 3 aromatic rings. The van der Waals surface area contributed by atoms with Crippen molar-refractivity contribution in [1.82, 2.24) is 5.32 Å². The highest BCUT2D eigenvalue weighted by atomic mass is 16.6. The van der Waals surface area contributed by atoms with E-state index in [1.165, 1.54) is 24.3 Å². The number of ether oxygens (including phenoxy) is 1. The Balaban J connectivity index is 1.51. The second-order valence-electron chi connectivity index (χ2n) is 6.34. The van der Waals surface area contributed by atoms with Crippen LogP contribution in [0.25, 0.3) is 0 Å². The quantitative estimate of drug-likeness (QED) is 0.440. The van der Waals surface area contributed by atoms with Crippen molar-refractivity contribution in [3.63, 3.8) is 0 Å². The summed E-state index contributed by atoms with van der Waals surface area (Å²) in [4.78, 5) is 34.6. The molecule has 0 saturated heterocycles. The molecule has 0 radical (unpaired) electrons. The molecule has 2 N–H and O–H groups in total. The van der Waals surface area contributed by atoms with Gasteiger partial charge in [-0.05, 0) is 35.9 Å². The largest absolute Gasteiger partial charge is 0.484 e. The van der Waals surface area contributed by atoms with Crippen molar-refractivity contribution < 1.29 is 19.2 Å². The van der Waals surface area contributed by atoms with Crippen LogP contribution in [0.15, 0.2) is 78.9 Å². The van der Waals surface area contributed by atoms with Gasteiger partial charge in [0.1, 0.15) is 5.75 Å². The number of non-ortho nitro benzene ring substituents is 1. The van der Waals surface area contributed by atoms with Crippen molar-refractivity contribution in [3.8, 4) is 5.75 Å². The number of carbonyl (C=O) groups excluding carboxylic acids is 2. The molecule has 0 aromatic heterocycles. The Morgan fingerprint density at radius 2 is 1.67 bits per heavy atom. The number of rotatable bonds is 8. The Labute approximate surface area is 172 Å². The third kappa shape index (κ3) is 5.90. The van der Waals surface area contributed by atoms with Gasteiger partial charge in [0.25, 0.3) is 17.5 Å². The van der Waals surface area contributed by atoms with E-state index in [1.807, 2.05) is 30.3 Å². The van der Waals surface area contributed by atoms with Crippen LogP contribution in [0.4, 0.5) is 11.4 Å². The van der Waals surface area contributed by atoms with Gasteiger partial charge in [0.15, 0.2) is 6.61 Å². The van der Waals surface area contributed by atoms with Gasteiger partial charge in [0, 0.05) is 29.9 Å². The standard InChI is InChI=1S/C22H19N3O5/c26-21(15-30-20-11-9-19(10-12-20)25(28)29)24-18-8-4-7-17(13-18)22(27)23-14-16-5-2-1-3-6-16/h1-13H,14-15H2,(H,23,27)(H,24,26). The lowest BCUT2D eigenvalue weighted by Crippen LogP contribution is -2.23. The van der Waals surface area contributed by atoms with E-state index >= 15 is 0 Å². The molecule has 8 heteroatoms. The van der Waals surface area contributed by atoms with Crippen molar-refractivity contribution in [1.29, 1.82) is 0 Å². The number of carbonyl (C=O) groups is 2. The monoisotopic (exact) mass is 405 g/mol. The van der Waals surface area contributed by atoms with Gasteiger partial charge in [-0.15, -0.1) is 0 Å². The van der Waals surface area contributed by atoms with Crippen LogP contribution in [0.5, 0.6) is 5.75 Å². The Morgan fingerprint density at radius 1 is 0.933 bits per heavy atom. The molecule has 0 saturated carbocycles.